The highest BCUT2D eigenvalue weighted by Crippen LogP contribution is 2.12. The Morgan fingerprint density at radius 3 is 2.48 bits per heavy atom. The lowest BCUT2D eigenvalue weighted by molar-refractivity contribution is 0.0966. The van der Waals surface area contributed by atoms with Gasteiger partial charge in [-0.25, -0.2) is 9.36 Å². The smallest absolute Gasteiger partial charge is 0.422 e. The van der Waals surface area contributed by atoms with Gasteiger partial charge in [0.15, 0.2) is 5.78 Å². The molecule has 1 aromatic heterocycles. The zero-order valence-corrected chi connectivity index (χ0v) is 12.3. The molecule has 1 heterocycles. The molecular formula is C17H13NO5. The van der Waals surface area contributed by atoms with Gasteiger partial charge in [-0.05, 0) is 36.4 Å². The first-order chi connectivity index (χ1) is 11.1. The van der Waals surface area contributed by atoms with Crippen molar-refractivity contribution < 1.29 is 13.9 Å². The average Bonchev–Trinajstić information content (AvgIpc) is 2.58. The van der Waals surface area contributed by atoms with Crippen LogP contribution in [0.15, 0.2) is 62.5 Å². The highest BCUT2D eigenvalue weighted by atomic mass is 16.5. The fraction of sp³-hybridized carbons (Fsp3) is 0.118. The molecule has 0 aliphatic carbocycles. The Labute approximate surface area is 130 Å². The molecule has 0 saturated heterocycles. The van der Waals surface area contributed by atoms with E-state index in [0.29, 0.717) is 11.3 Å². The number of ether oxygens (including phenoxy) is 1. The van der Waals surface area contributed by atoms with Crippen LogP contribution in [-0.4, -0.2) is 17.5 Å². The van der Waals surface area contributed by atoms with E-state index in [0.717, 1.165) is 4.57 Å². The van der Waals surface area contributed by atoms with Crippen molar-refractivity contribution in [1.82, 2.24) is 4.57 Å². The molecule has 0 aliphatic heterocycles. The zero-order chi connectivity index (χ0) is 16.4. The summed E-state index contributed by atoms with van der Waals surface area (Å²) in [5.41, 5.74) is 0.0413. The number of ketones is 1. The van der Waals surface area contributed by atoms with Gasteiger partial charge in [-0.2, -0.15) is 0 Å². The number of methoxy groups -OCH3 is 1. The molecular weight excluding hydrogens is 298 g/mol. The third-order valence-corrected chi connectivity index (χ3v) is 3.49. The number of para-hydroxylation sites is 1. The maximum atomic E-state index is 12.3. The maximum Gasteiger partial charge on any atom is 0.422 e. The van der Waals surface area contributed by atoms with Crippen molar-refractivity contribution in [2.24, 2.45) is 0 Å². The molecule has 0 fully saturated rings. The van der Waals surface area contributed by atoms with Crippen LogP contribution >= 0.6 is 0 Å². The average molecular weight is 311 g/mol. The number of rotatable bonds is 4. The first-order valence-corrected chi connectivity index (χ1v) is 6.90. The monoisotopic (exact) mass is 311 g/mol. The molecule has 116 valence electrons. The number of aromatic nitrogens is 1. The highest BCUT2D eigenvalue weighted by Gasteiger charge is 2.14. The number of carbonyl (C=O) groups excluding carboxylic acids is 1. The van der Waals surface area contributed by atoms with Crippen LogP contribution < -0.4 is 16.1 Å². The van der Waals surface area contributed by atoms with Crippen LogP contribution in [0.5, 0.6) is 5.75 Å². The molecule has 0 aliphatic rings. The van der Waals surface area contributed by atoms with E-state index in [9.17, 15) is 14.4 Å². The minimum atomic E-state index is -0.851. The molecule has 0 bridgehead atoms. The van der Waals surface area contributed by atoms with Crippen LogP contribution in [0.25, 0.3) is 11.0 Å². The maximum absolute atomic E-state index is 12.3. The zero-order valence-electron chi connectivity index (χ0n) is 12.3. The molecule has 0 radical (unpaired) electrons. The molecule has 23 heavy (non-hydrogen) atoms. The van der Waals surface area contributed by atoms with Crippen molar-refractivity contribution in [1.29, 1.82) is 0 Å². The van der Waals surface area contributed by atoms with Gasteiger partial charge in [0.2, 0.25) is 0 Å². The van der Waals surface area contributed by atoms with E-state index in [4.69, 9.17) is 9.15 Å². The first-order valence-electron chi connectivity index (χ1n) is 6.90. The molecule has 3 rings (SSSR count). The molecule has 0 unspecified atom stereocenters. The molecule has 0 amide bonds. The highest BCUT2D eigenvalue weighted by molar-refractivity contribution is 5.96. The van der Waals surface area contributed by atoms with Crippen LogP contribution in [0.3, 0.4) is 0 Å². The summed E-state index contributed by atoms with van der Waals surface area (Å²) in [6.07, 6.45) is 0. The third kappa shape index (κ3) is 2.78. The van der Waals surface area contributed by atoms with E-state index in [-0.39, 0.29) is 23.3 Å². The Balaban J connectivity index is 1.99. The van der Waals surface area contributed by atoms with Crippen LogP contribution in [0.4, 0.5) is 0 Å². The summed E-state index contributed by atoms with van der Waals surface area (Å²) in [5, 5.41) is 0.259. The molecule has 6 nitrogen and oxygen atoms in total. The fourth-order valence-corrected chi connectivity index (χ4v) is 2.26. The van der Waals surface area contributed by atoms with Gasteiger partial charge in [0, 0.05) is 5.56 Å². The van der Waals surface area contributed by atoms with Gasteiger partial charge in [-0.1, -0.05) is 12.1 Å². The third-order valence-electron chi connectivity index (χ3n) is 3.49. The number of hydrogen-bond donors (Lipinski definition) is 0. The fourth-order valence-electron chi connectivity index (χ4n) is 2.26. The largest absolute Gasteiger partial charge is 0.497 e. The Kier molecular flexibility index (Phi) is 3.80. The van der Waals surface area contributed by atoms with Gasteiger partial charge >= 0.3 is 5.76 Å². The predicted molar refractivity (Wildman–Crippen MR) is 84.1 cm³/mol. The number of carbonyl (C=O) groups is 1. The summed E-state index contributed by atoms with van der Waals surface area (Å²) in [7, 11) is 1.52. The summed E-state index contributed by atoms with van der Waals surface area (Å²) in [6.45, 7) is -0.377. The Hall–Kier alpha value is -3.15. The lowest BCUT2D eigenvalue weighted by atomic mass is 10.1. The van der Waals surface area contributed by atoms with Crippen molar-refractivity contribution in [2.75, 3.05) is 7.11 Å². The van der Waals surface area contributed by atoms with Crippen molar-refractivity contribution in [3.05, 3.63) is 75.0 Å². The number of fused-ring (bicyclic) bond motifs is 1. The second-order valence-corrected chi connectivity index (χ2v) is 4.91. The van der Waals surface area contributed by atoms with Gasteiger partial charge in [-0.3, -0.25) is 9.59 Å². The normalized spacial score (nSPS) is 10.7. The first kappa shape index (κ1) is 14.8. The standard InChI is InChI=1S/C17H13NO5/c1-22-12-8-6-11(7-9-12)14(19)10-18-16(20)13-4-2-3-5-15(13)23-17(18)21/h2-9H,10H2,1H3. The summed E-state index contributed by atoms with van der Waals surface area (Å²) in [6, 6.07) is 12.8. The van der Waals surface area contributed by atoms with E-state index in [1.165, 1.54) is 13.2 Å². The van der Waals surface area contributed by atoms with E-state index in [1.54, 1.807) is 42.5 Å². The summed E-state index contributed by atoms with van der Waals surface area (Å²) in [4.78, 5) is 36.6. The lowest BCUT2D eigenvalue weighted by Gasteiger charge is -2.05. The molecule has 0 spiro atoms. The van der Waals surface area contributed by atoms with Crippen LogP contribution in [0.1, 0.15) is 10.4 Å². The number of benzene rings is 2. The minimum absolute atomic E-state index is 0.204. The van der Waals surface area contributed by atoms with E-state index >= 15 is 0 Å². The Morgan fingerprint density at radius 1 is 1.09 bits per heavy atom. The van der Waals surface area contributed by atoms with Gasteiger partial charge < -0.3 is 9.15 Å². The molecule has 0 atom stereocenters. The Bertz CT molecular complexity index is 982. The van der Waals surface area contributed by atoms with E-state index in [1.807, 2.05) is 0 Å². The van der Waals surface area contributed by atoms with Crippen molar-refractivity contribution in [3.63, 3.8) is 0 Å². The summed E-state index contributed by atoms with van der Waals surface area (Å²) >= 11 is 0. The predicted octanol–water partition coefficient (Wildman–Crippen LogP) is 1.85. The van der Waals surface area contributed by atoms with Crippen LogP contribution in [0.2, 0.25) is 0 Å². The molecule has 2 aromatic carbocycles. The summed E-state index contributed by atoms with van der Waals surface area (Å²) in [5.74, 6) is -0.600. The van der Waals surface area contributed by atoms with Gasteiger partial charge in [0.05, 0.1) is 19.0 Å². The minimum Gasteiger partial charge on any atom is -0.497 e. The Morgan fingerprint density at radius 2 is 1.78 bits per heavy atom. The second kappa shape index (κ2) is 5.92. The SMILES string of the molecule is COc1ccc(C(=O)Cn2c(=O)oc3ccccc3c2=O)cc1. The quantitative estimate of drug-likeness (QED) is 0.687. The molecule has 3 aromatic rings. The molecule has 0 saturated carbocycles. The van der Waals surface area contributed by atoms with Crippen LogP contribution in [0, 0.1) is 0 Å². The topological polar surface area (TPSA) is 78.5 Å². The van der Waals surface area contributed by atoms with E-state index < -0.39 is 11.3 Å². The number of Topliss-reactive ketones (excluding diaryl/α,β-unsaturated/α-hetero) is 1. The van der Waals surface area contributed by atoms with Gasteiger partial charge in [0.1, 0.15) is 11.3 Å². The number of nitrogens with zero attached hydrogens (tertiary/aromatic N) is 1. The summed E-state index contributed by atoms with van der Waals surface area (Å²) < 4.78 is 10.9. The second-order valence-electron chi connectivity index (χ2n) is 4.91. The van der Waals surface area contributed by atoms with Gasteiger partial charge in [0.25, 0.3) is 5.56 Å². The molecule has 6 heteroatoms. The van der Waals surface area contributed by atoms with Crippen molar-refractivity contribution in [3.8, 4) is 5.75 Å². The van der Waals surface area contributed by atoms with Crippen molar-refractivity contribution >= 4 is 16.8 Å². The van der Waals surface area contributed by atoms with Gasteiger partial charge in [-0.15, -0.1) is 0 Å². The van der Waals surface area contributed by atoms with Crippen molar-refractivity contribution in [2.45, 2.75) is 6.54 Å². The van der Waals surface area contributed by atoms with E-state index in [2.05, 4.69) is 0 Å². The lowest BCUT2D eigenvalue weighted by Crippen LogP contribution is -2.35. The number of hydrogen-bond acceptors (Lipinski definition) is 5. The molecule has 0 N–H and O–H groups in total. The van der Waals surface area contributed by atoms with Crippen LogP contribution in [-0.2, 0) is 6.54 Å².